The summed E-state index contributed by atoms with van der Waals surface area (Å²) in [4.78, 5) is 16.3. The molecule has 5 nitrogen and oxygen atoms in total. The van der Waals surface area contributed by atoms with Crippen molar-refractivity contribution in [2.75, 3.05) is 0 Å². The van der Waals surface area contributed by atoms with Gasteiger partial charge in [-0.05, 0) is 119 Å². The summed E-state index contributed by atoms with van der Waals surface area (Å²) in [5.74, 6) is 0.250. The number of ether oxygens (including phenoxy) is 1. The largest absolute Gasteiger partial charge is 0.444 e. The van der Waals surface area contributed by atoms with Gasteiger partial charge in [0.2, 0.25) is 0 Å². The van der Waals surface area contributed by atoms with Crippen molar-refractivity contribution in [1.82, 2.24) is 4.90 Å². The first kappa shape index (κ1) is 29.2. The molecule has 0 radical (unpaired) electrons. The lowest BCUT2D eigenvalue weighted by atomic mass is 9.75. The van der Waals surface area contributed by atoms with Crippen LogP contribution in [0.3, 0.4) is 0 Å². The predicted molar refractivity (Wildman–Crippen MR) is 152 cm³/mol. The molecule has 2 saturated carbocycles. The second-order valence-corrected chi connectivity index (χ2v) is 12.9. The first-order valence-electron chi connectivity index (χ1n) is 13.9. The molecule has 0 aliphatic heterocycles. The lowest BCUT2D eigenvalue weighted by molar-refractivity contribution is -0.0285. The van der Waals surface area contributed by atoms with Gasteiger partial charge in [0.05, 0.1) is 24.3 Å². The molecular weight excluding hydrogens is 521 g/mol. The highest BCUT2D eigenvalue weighted by Gasteiger charge is 2.44. The van der Waals surface area contributed by atoms with E-state index in [0.717, 1.165) is 36.8 Å². The van der Waals surface area contributed by atoms with Crippen LogP contribution in [0.4, 0.5) is 4.79 Å². The van der Waals surface area contributed by atoms with E-state index < -0.39 is 5.60 Å². The van der Waals surface area contributed by atoms with E-state index in [2.05, 4.69) is 0 Å². The van der Waals surface area contributed by atoms with Crippen LogP contribution in [-0.2, 0) is 4.74 Å². The van der Waals surface area contributed by atoms with E-state index in [1.807, 2.05) is 74.2 Å². The molecule has 0 spiro atoms. The zero-order valence-electron chi connectivity index (χ0n) is 22.7. The third kappa shape index (κ3) is 7.44. The zero-order chi connectivity index (χ0) is 27.4. The van der Waals surface area contributed by atoms with Gasteiger partial charge in [0, 0.05) is 10.0 Å². The minimum atomic E-state index is -0.682. The quantitative estimate of drug-likeness (QED) is 0.373. The summed E-state index contributed by atoms with van der Waals surface area (Å²) < 4.78 is 6.11. The SMILES string of the molecule is CC(C)(C)OC(=O)N(C(c1cccc(Cl)c1)C1CCC(O)CC1)C(c1cccc(Cl)c1)C1CCC(O)CC1. The molecule has 4 rings (SSSR count). The van der Waals surface area contributed by atoms with Crippen LogP contribution in [-0.4, -0.2) is 39.0 Å². The number of amides is 1. The third-order valence-corrected chi connectivity index (χ3v) is 8.43. The number of aliphatic hydroxyl groups is 2. The molecule has 208 valence electrons. The summed E-state index contributed by atoms with van der Waals surface area (Å²) in [6, 6.07) is 14.9. The monoisotopic (exact) mass is 561 g/mol. The van der Waals surface area contributed by atoms with Crippen LogP contribution in [0.2, 0.25) is 10.0 Å². The number of aliphatic hydroxyl groups excluding tert-OH is 2. The maximum Gasteiger partial charge on any atom is 0.411 e. The summed E-state index contributed by atoms with van der Waals surface area (Å²) in [5, 5.41) is 21.8. The average molecular weight is 563 g/mol. The Morgan fingerprint density at radius 2 is 1.18 bits per heavy atom. The fraction of sp³-hybridized carbons (Fsp3) is 0.581. The normalized spacial score (nSPS) is 25.9. The van der Waals surface area contributed by atoms with Crippen molar-refractivity contribution in [2.45, 2.75) is 102 Å². The molecule has 0 saturated heterocycles. The van der Waals surface area contributed by atoms with Crippen LogP contribution in [0, 0.1) is 11.8 Å². The Bertz CT molecular complexity index is 1000. The highest BCUT2D eigenvalue weighted by molar-refractivity contribution is 6.30. The first-order chi connectivity index (χ1) is 18.0. The molecule has 2 fully saturated rings. The fourth-order valence-electron chi connectivity index (χ4n) is 6.25. The number of hydrogen-bond acceptors (Lipinski definition) is 4. The number of nitrogens with zero attached hydrogens (tertiary/aromatic N) is 1. The highest BCUT2D eigenvalue weighted by atomic mass is 35.5. The summed E-state index contributed by atoms with van der Waals surface area (Å²) in [6.45, 7) is 5.67. The average Bonchev–Trinajstić information content (AvgIpc) is 2.85. The second kappa shape index (κ2) is 12.6. The Morgan fingerprint density at radius 1 is 0.789 bits per heavy atom. The summed E-state index contributed by atoms with van der Waals surface area (Å²) in [5.41, 5.74) is 1.25. The van der Waals surface area contributed by atoms with Gasteiger partial charge in [-0.15, -0.1) is 0 Å². The number of benzene rings is 2. The third-order valence-electron chi connectivity index (χ3n) is 7.96. The summed E-state index contributed by atoms with van der Waals surface area (Å²) in [7, 11) is 0. The van der Waals surface area contributed by atoms with E-state index in [1.54, 1.807) is 0 Å². The topological polar surface area (TPSA) is 70.0 Å². The molecule has 1 amide bonds. The Kier molecular flexibility index (Phi) is 9.67. The molecule has 2 aliphatic carbocycles. The van der Waals surface area contributed by atoms with Crippen molar-refractivity contribution in [3.8, 4) is 0 Å². The standard InChI is InChI=1S/C31H41Cl2NO4/c1-31(2,3)38-30(37)34(28(20-10-14-26(35)15-11-20)22-6-4-8-24(32)18-22)29(21-12-16-27(36)17-13-21)23-7-5-9-25(33)19-23/h4-9,18-21,26-29,35-36H,10-17H2,1-3H3. The molecule has 2 atom stereocenters. The van der Waals surface area contributed by atoms with Crippen molar-refractivity contribution in [1.29, 1.82) is 0 Å². The van der Waals surface area contributed by atoms with Crippen LogP contribution in [0.5, 0.6) is 0 Å². The number of carbonyl (C=O) groups excluding carboxylic acids is 1. The van der Waals surface area contributed by atoms with E-state index in [0.29, 0.717) is 35.7 Å². The molecule has 2 aromatic rings. The van der Waals surface area contributed by atoms with E-state index in [4.69, 9.17) is 27.9 Å². The van der Waals surface area contributed by atoms with Gasteiger partial charge in [0.15, 0.2) is 0 Å². The first-order valence-corrected chi connectivity index (χ1v) is 14.7. The van der Waals surface area contributed by atoms with Crippen molar-refractivity contribution >= 4 is 29.3 Å². The molecular formula is C31H41Cl2NO4. The number of carbonyl (C=O) groups is 1. The van der Waals surface area contributed by atoms with Gasteiger partial charge in [-0.1, -0.05) is 47.5 Å². The zero-order valence-corrected chi connectivity index (χ0v) is 24.2. The molecule has 2 unspecified atom stereocenters. The lowest BCUT2D eigenvalue weighted by Crippen LogP contribution is -2.47. The molecule has 2 aromatic carbocycles. The van der Waals surface area contributed by atoms with Crippen LogP contribution >= 0.6 is 23.2 Å². The Balaban J connectivity index is 1.88. The number of rotatable bonds is 6. The lowest BCUT2D eigenvalue weighted by Gasteiger charge is -2.47. The minimum Gasteiger partial charge on any atom is -0.444 e. The van der Waals surface area contributed by atoms with E-state index in [9.17, 15) is 15.0 Å². The predicted octanol–water partition coefficient (Wildman–Crippen LogP) is 8.12. The Labute approximate surface area is 237 Å². The fourth-order valence-corrected chi connectivity index (χ4v) is 6.65. The van der Waals surface area contributed by atoms with Crippen molar-refractivity contribution in [2.24, 2.45) is 11.8 Å². The van der Waals surface area contributed by atoms with E-state index in [1.165, 1.54) is 0 Å². The molecule has 2 aliphatic rings. The van der Waals surface area contributed by atoms with Crippen LogP contribution in [0.15, 0.2) is 48.5 Å². The van der Waals surface area contributed by atoms with Crippen molar-refractivity contribution < 1.29 is 19.7 Å². The molecule has 0 aromatic heterocycles. The minimum absolute atomic E-state index is 0.125. The highest BCUT2D eigenvalue weighted by Crippen LogP contribution is 2.48. The van der Waals surface area contributed by atoms with Gasteiger partial charge in [0.25, 0.3) is 0 Å². The van der Waals surface area contributed by atoms with Gasteiger partial charge in [-0.3, -0.25) is 4.90 Å². The molecule has 2 N–H and O–H groups in total. The van der Waals surface area contributed by atoms with Gasteiger partial charge in [0.1, 0.15) is 5.60 Å². The van der Waals surface area contributed by atoms with Crippen molar-refractivity contribution in [3.63, 3.8) is 0 Å². The second-order valence-electron chi connectivity index (χ2n) is 12.0. The summed E-state index contributed by atoms with van der Waals surface area (Å²) in [6.07, 6.45) is 4.96. The number of halogens is 2. The van der Waals surface area contributed by atoms with Gasteiger partial charge < -0.3 is 14.9 Å². The maximum absolute atomic E-state index is 14.3. The Morgan fingerprint density at radius 3 is 1.53 bits per heavy atom. The summed E-state index contributed by atoms with van der Waals surface area (Å²) >= 11 is 13.0. The van der Waals surface area contributed by atoms with E-state index in [-0.39, 0.29) is 42.2 Å². The van der Waals surface area contributed by atoms with Gasteiger partial charge >= 0.3 is 6.09 Å². The number of hydrogen-bond donors (Lipinski definition) is 2. The molecule has 38 heavy (non-hydrogen) atoms. The smallest absolute Gasteiger partial charge is 0.411 e. The van der Waals surface area contributed by atoms with Gasteiger partial charge in [-0.25, -0.2) is 4.79 Å². The molecule has 7 heteroatoms. The molecule has 0 heterocycles. The van der Waals surface area contributed by atoms with Crippen LogP contribution < -0.4 is 0 Å². The van der Waals surface area contributed by atoms with Crippen LogP contribution in [0.1, 0.15) is 95.3 Å². The van der Waals surface area contributed by atoms with Crippen molar-refractivity contribution in [3.05, 3.63) is 69.7 Å². The van der Waals surface area contributed by atoms with E-state index >= 15 is 0 Å². The van der Waals surface area contributed by atoms with Crippen LogP contribution in [0.25, 0.3) is 0 Å². The Hall–Kier alpha value is -1.79. The maximum atomic E-state index is 14.3. The van der Waals surface area contributed by atoms with Gasteiger partial charge in [-0.2, -0.15) is 0 Å². The molecule has 0 bridgehead atoms.